The number of amides is 1. The van der Waals surface area contributed by atoms with Gasteiger partial charge in [-0.2, -0.15) is 0 Å². The van der Waals surface area contributed by atoms with E-state index in [1.807, 2.05) is 19.4 Å². The number of nitrogens with zero attached hydrogens (tertiary/aromatic N) is 1. The maximum Gasteiger partial charge on any atom is 0.252 e. The van der Waals surface area contributed by atoms with E-state index in [-0.39, 0.29) is 18.6 Å². The number of methoxy groups -OCH3 is 1. The van der Waals surface area contributed by atoms with E-state index in [4.69, 9.17) is 9.47 Å². The zero-order valence-electron chi connectivity index (χ0n) is 10.9. The zero-order chi connectivity index (χ0) is 13.4. The van der Waals surface area contributed by atoms with E-state index >= 15 is 0 Å². The monoisotopic (exact) mass is 273 g/mol. The molecule has 1 heterocycles. The van der Waals surface area contributed by atoms with Crippen LogP contribution in [-0.2, 0) is 14.3 Å². The molecule has 0 spiro atoms. The molecule has 0 fully saturated rings. The summed E-state index contributed by atoms with van der Waals surface area (Å²) in [5, 5.41) is 8.29. The first kappa shape index (κ1) is 15.0. The molecule has 0 radical (unpaired) electrons. The summed E-state index contributed by atoms with van der Waals surface area (Å²) in [6, 6.07) is 0.171. The van der Waals surface area contributed by atoms with E-state index in [1.165, 1.54) is 11.3 Å². The van der Waals surface area contributed by atoms with E-state index in [2.05, 4.69) is 15.6 Å². The molecule has 0 aromatic carbocycles. The van der Waals surface area contributed by atoms with Crippen LogP contribution in [0.3, 0.4) is 0 Å². The summed E-state index contributed by atoms with van der Waals surface area (Å²) in [5.41, 5.74) is 0.915. The molecule has 1 unspecified atom stereocenters. The zero-order valence-corrected chi connectivity index (χ0v) is 11.7. The van der Waals surface area contributed by atoms with Crippen LogP contribution >= 0.6 is 11.3 Å². The van der Waals surface area contributed by atoms with E-state index in [0.29, 0.717) is 18.3 Å². The van der Waals surface area contributed by atoms with Crippen LogP contribution in [0.25, 0.3) is 0 Å². The third kappa shape index (κ3) is 5.09. The molecule has 0 aliphatic heterocycles. The van der Waals surface area contributed by atoms with E-state index in [9.17, 15) is 4.79 Å². The predicted octanol–water partition coefficient (Wildman–Crippen LogP) is 1.02. The molecule has 2 N–H and O–H groups in total. The Kier molecular flexibility index (Phi) is 6.81. The number of nitrogens with one attached hydrogen (secondary N) is 2. The maximum absolute atomic E-state index is 11.5. The van der Waals surface area contributed by atoms with Crippen LogP contribution in [0.2, 0.25) is 0 Å². The standard InChI is InChI=1S/C11H19N3O3S/c1-8(12-2)9-7-18-11(13-9)14-10(15)6-17-5-4-16-3/h7-8,12H,4-6H2,1-3H3,(H,13,14,15). The van der Waals surface area contributed by atoms with Crippen LogP contribution in [0.1, 0.15) is 18.7 Å². The van der Waals surface area contributed by atoms with Gasteiger partial charge in [0.05, 0.1) is 18.9 Å². The summed E-state index contributed by atoms with van der Waals surface area (Å²) in [7, 11) is 3.45. The highest BCUT2D eigenvalue weighted by molar-refractivity contribution is 7.13. The highest BCUT2D eigenvalue weighted by Crippen LogP contribution is 2.19. The minimum atomic E-state index is -0.205. The average molecular weight is 273 g/mol. The molecule has 0 bridgehead atoms. The fourth-order valence-electron chi connectivity index (χ4n) is 1.15. The Morgan fingerprint density at radius 2 is 2.33 bits per heavy atom. The fourth-order valence-corrected chi connectivity index (χ4v) is 1.97. The lowest BCUT2D eigenvalue weighted by atomic mass is 10.3. The molecule has 0 saturated carbocycles. The number of hydrogen-bond acceptors (Lipinski definition) is 6. The number of anilines is 1. The van der Waals surface area contributed by atoms with Crippen LogP contribution in [0, 0.1) is 0 Å². The molecule has 1 amide bonds. The van der Waals surface area contributed by atoms with Crippen LogP contribution in [0.15, 0.2) is 5.38 Å². The first-order valence-electron chi connectivity index (χ1n) is 5.66. The topological polar surface area (TPSA) is 72.5 Å². The molecule has 1 atom stereocenters. The normalized spacial score (nSPS) is 12.4. The van der Waals surface area contributed by atoms with Crippen molar-refractivity contribution in [3.05, 3.63) is 11.1 Å². The first-order valence-corrected chi connectivity index (χ1v) is 6.54. The fraction of sp³-hybridized carbons (Fsp3) is 0.636. The van der Waals surface area contributed by atoms with Gasteiger partial charge in [0, 0.05) is 18.5 Å². The van der Waals surface area contributed by atoms with Crippen molar-refractivity contribution in [3.63, 3.8) is 0 Å². The smallest absolute Gasteiger partial charge is 0.252 e. The lowest BCUT2D eigenvalue weighted by molar-refractivity contribution is -0.121. The maximum atomic E-state index is 11.5. The Morgan fingerprint density at radius 3 is 3.00 bits per heavy atom. The van der Waals surface area contributed by atoms with Gasteiger partial charge in [-0.15, -0.1) is 11.3 Å². The number of carbonyl (C=O) groups excluding carboxylic acids is 1. The van der Waals surface area contributed by atoms with Gasteiger partial charge in [0.1, 0.15) is 6.61 Å². The second kappa shape index (κ2) is 8.15. The van der Waals surface area contributed by atoms with E-state index < -0.39 is 0 Å². The highest BCUT2D eigenvalue weighted by atomic mass is 32.1. The van der Waals surface area contributed by atoms with Gasteiger partial charge in [-0.05, 0) is 14.0 Å². The average Bonchev–Trinajstić information content (AvgIpc) is 2.82. The number of rotatable bonds is 8. The Morgan fingerprint density at radius 1 is 1.56 bits per heavy atom. The Labute approximate surface area is 111 Å². The number of aromatic nitrogens is 1. The quantitative estimate of drug-likeness (QED) is 0.692. The SMILES string of the molecule is CNC(C)c1csc(NC(=O)COCCOC)n1. The summed E-state index contributed by atoms with van der Waals surface area (Å²) in [6.07, 6.45) is 0. The van der Waals surface area contributed by atoms with Crippen molar-refractivity contribution in [2.45, 2.75) is 13.0 Å². The minimum absolute atomic E-state index is 0.0137. The summed E-state index contributed by atoms with van der Waals surface area (Å²) in [4.78, 5) is 15.8. The van der Waals surface area contributed by atoms with Gasteiger partial charge < -0.3 is 14.8 Å². The molecule has 1 aromatic heterocycles. The molecular formula is C11H19N3O3S. The van der Waals surface area contributed by atoms with Gasteiger partial charge in [-0.1, -0.05) is 0 Å². The van der Waals surface area contributed by atoms with Crippen LogP contribution in [-0.4, -0.2) is 44.9 Å². The molecule has 102 valence electrons. The van der Waals surface area contributed by atoms with Crippen molar-refractivity contribution in [1.82, 2.24) is 10.3 Å². The summed E-state index contributed by atoms with van der Waals surface area (Å²) in [5.74, 6) is -0.205. The van der Waals surface area contributed by atoms with Gasteiger partial charge in [0.15, 0.2) is 5.13 Å². The van der Waals surface area contributed by atoms with Crippen molar-refractivity contribution in [3.8, 4) is 0 Å². The minimum Gasteiger partial charge on any atom is -0.382 e. The second-order valence-corrected chi connectivity index (χ2v) is 4.54. The van der Waals surface area contributed by atoms with E-state index in [0.717, 1.165) is 5.69 Å². The summed E-state index contributed by atoms with van der Waals surface area (Å²) in [6.45, 7) is 2.91. The molecule has 0 aliphatic carbocycles. The first-order chi connectivity index (χ1) is 8.67. The number of thiazole rings is 1. The lowest BCUT2D eigenvalue weighted by Crippen LogP contribution is -2.19. The second-order valence-electron chi connectivity index (χ2n) is 3.68. The molecule has 1 aromatic rings. The Bertz CT molecular complexity index is 370. The van der Waals surface area contributed by atoms with Crippen LogP contribution < -0.4 is 10.6 Å². The largest absolute Gasteiger partial charge is 0.382 e. The molecule has 0 saturated heterocycles. The third-order valence-electron chi connectivity index (χ3n) is 2.31. The van der Waals surface area contributed by atoms with Crippen molar-refractivity contribution in [2.75, 3.05) is 39.3 Å². The molecule has 0 aliphatic rings. The molecule has 1 rings (SSSR count). The Hall–Kier alpha value is -1.02. The Balaban J connectivity index is 2.33. The van der Waals surface area contributed by atoms with Crippen molar-refractivity contribution in [2.24, 2.45) is 0 Å². The third-order valence-corrected chi connectivity index (χ3v) is 3.09. The molecule has 6 nitrogen and oxygen atoms in total. The van der Waals surface area contributed by atoms with Crippen molar-refractivity contribution >= 4 is 22.4 Å². The van der Waals surface area contributed by atoms with Gasteiger partial charge in [-0.25, -0.2) is 4.98 Å². The van der Waals surface area contributed by atoms with Gasteiger partial charge >= 0.3 is 0 Å². The molecule has 18 heavy (non-hydrogen) atoms. The van der Waals surface area contributed by atoms with Gasteiger partial charge in [-0.3, -0.25) is 10.1 Å². The predicted molar refractivity (Wildman–Crippen MR) is 70.9 cm³/mol. The van der Waals surface area contributed by atoms with Crippen LogP contribution in [0.5, 0.6) is 0 Å². The number of ether oxygens (including phenoxy) is 2. The van der Waals surface area contributed by atoms with Crippen LogP contribution in [0.4, 0.5) is 5.13 Å². The summed E-state index contributed by atoms with van der Waals surface area (Å²) >= 11 is 1.40. The number of hydrogen-bond donors (Lipinski definition) is 2. The molecule has 7 heteroatoms. The van der Waals surface area contributed by atoms with E-state index in [1.54, 1.807) is 7.11 Å². The van der Waals surface area contributed by atoms with Crippen molar-refractivity contribution in [1.29, 1.82) is 0 Å². The van der Waals surface area contributed by atoms with Gasteiger partial charge in [0.2, 0.25) is 0 Å². The summed E-state index contributed by atoms with van der Waals surface area (Å²) < 4.78 is 9.92. The van der Waals surface area contributed by atoms with Crippen molar-refractivity contribution < 1.29 is 14.3 Å². The number of carbonyl (C=O) groups is 1. The molecular weight excluding hydrogens is 254 g/mol. The van der Waals surface area contributed by atoms with Gasteiger partial charge in [0.25, 0.3) is 5.91 Å². The highest BCUT2D eigenvalue weighted by Gasteiger charge is 2.10. The lowest BCUT2D eigenvalue weighted by Gasteiger charge is -2.05.